The van der Waals surface area contributed by atoms with Gasteiger partial charge in [-0.3, -0.25) is 9.36 Å². The van der Waals surface area contributed by atoms with E-state index in [4.69, 9.17) is 11.6 Å². The normalized spacial score (nSPS) is 11.1. The van der Waals surface area contributed by atoms with Crippen LogP contribution < -0.4 is 5.43 Å². The minimum absolute atomic E-state index is 0.136. The first-order chi connectivity index (χ1) is 16.0. The first-order valence-electron chi connectivity index (χ1n) is 9.98. The van der Waals surface area contributed by atoms with Crippen LogP contribution in [0.5, 0.6) is 0 Å². The summed E-state index contributed by atoms with van der Waals surface area (Å²) >= 11 is 10.7. The Labute approximate surface area is 209 Å². The van der Waals surface area contributed by atoms with Gasteiger partial charge < -0.3 is 0 Å². The van der Waals surface area contributed by atoms with Crippen molar-refractivity contribution in [1.29, 1.82) is 0 Å². The summed E-state index contributed by atoms with van der Waals surface area (Å²) in [5.41, 5.74) is 6.38. The van der Waals surface area contributed by atoms with Gasteiger partial charge in [-0.1, -0.05) is 81.3 Å². The minimum Gasteiger partial charge on any atom is -0.272 e. The van der Waals surface area contributed by atoms with Gasteiger partial charge in [0.15, 0.2) is 11.0 Å². The molecule has 0 atom stereocenters. The van der Waals surface area contributed by atoms with Crippen LogP contribution in [0.4, 0.5) is 0 Å². The van der Waals surface area contributed by atoms with Crippen LogP contribution in [0.25, 0.3) is 17.1 Å². The van der Waals surface area contributed by atoms with Crippen LogP contribution in [0.2, 0.25) is 5.02 Å². The van der Waals surface area contributed by atoms with Crippen molar-refractivity contribution < 1.29 is 4.79 Å². The fourth-order valence-corrected chi connectivity index (χ4v) is 4.10. The summed E-state index contributed by atoms with van der Waals surface area (Å²) < 4.78 is 2.90. The molecule has 6 nitrogen and oxygen atoms in total. The van der Waals surface area contributed by atoms with Gasteiger partial charge in [0.1, 0.15) is 0 Å². The number of hydrazone groups is 1. The number of hydrogen-bond donors (Lipinski definition) is 1. The number of carbonyl (C=O) groups excluding carboxylic acids is 1. The van der Waals surface area contributed by atoms with Crippen molar-refractivity contribution in [1.82, 2.24) is 20.2 Å². The van der Waals surface area contributed by atoms with E-state index < -0.39 is 0 Å². The molecule has 0 aliphatic rings. The molecule has 0 aliphatic carbocycles. The van der Waals surface area contributed by atoms with Crippen molar-refractivity contribution >= 4 is 51.4 Å². The third kappa shape index (κ3) is 6.10. The summed E-state index contributed by atoms with van der Waals surface area (Å²) in [6.45, 7) is 2.03. The van der Waals surface area contributed by atoms with Gasteiger partial charge in [-0.05, 0) is 48.9 Å². The molecule has 0 saturated carbocycles. The lowest BCUT2D eigenvalue weighted by Crippen LogP contribution is -2.20. The molecule has 0 unspecified atom stereocenters. The topological polar surface area (TPSA) is 72.2 Å². The average Bonchev–Trinajstić information content (AvgIpc) is 3.24. The molecule has 1 heterocycles. The number of nitrogens with one attached hydrogen (secondary N) is 1. The van der Waals surface area contributed by atoms with Crippen LogP contribution in [-0.2, 0) is 4.79 Å². The van der Waals surface area contributed by atoms with Crippen LogP contribution in [0.3, 0.4) is 0 Å². The van der Waals surface area contributed by atoms with E-state index in [-0.39, 0.29) is 11.7 Å². The molecule has 1 aromatic heterocycles. The smallest absolute Gasteiger partial charge is 0.250 e. The second-order valence-corrected chi connectivity index (χ2v) is 9.41. The Kier molecular flexibility index (Phi) is 7.59. The van der Waals surface area contributed by atoms with E-state index in [2.05, 4.69) is 36.7 Å². The molecule has 1 N–H and O–H groups in total. The van der Waals surface area contributed by atoms with E-state index in [0.717, 1.165) is 26.9 Å². The number of nitrogens with zero attached hydrogens (tertiary/aromatic N) is 4. The summed E-state index contributed by atoms with van der Waals surface area (Å²) in [7, 11) is 0. The van der Waals surface area contributed by atoms with Crippen LogP contribution in [0.15, 0.2) is 87.5 Å². The van der Waals surface area contributed by atoms with Crippen molar-refractivity contribution in [2.75, 3.05) is 5.75 Å². The highest BCUT2D eigenvalue weighted by Gasteiger charge is 2.17. The maximum atomic E-state index is 12.3. The van der Waals surface area contributed by atoms with Gasteiger partial charge in [-0.2, -0.15) is 5.10 Å². The monoisotopic (exact) mass is 539 g/mol. The van der Waals surface area contributed by atoms with Crippen molar-refractivity contribution in [2.45, 2.75) is 12.1 Å². The summed E-state index contributed by atoms with van der Waals surface area (Å²) in [6, 6.07) is 23.1. The Morgan fingerprint density at radius 3 is 2.45 bits per heavy atom. The number of aryl methyl sites for hydroxylation is 1. The second-order valence-electron chi connectivity index (χ2n) is 7.12. The first-order valence-corrected chi connectivity index (χ1v) is 12.1. The zero-order chi connectivity index (χ0) is 23.2. The summed E-state index contributed by atoms with van der Waals surface area (Å²) in [6.07, 6.45) is 1.60. The Hall–Kier alpha value is -2.94. The number of thioether (sulfide) groups is 1. The zero-order valence-corrected chi connectivity index (χ0v) is 20.7. The number of amides is 1. The standard InChI is InChI=1S/C24H19BrClN5OS/c1-16-2-6-18(7-3-16)23-29-30-24(31(23)21-12-10-20(26)11-13-21)33-15-22(32)28-27-14-17-4-8-19(25)9-5-17/h2-14H,15H2,1H3,(H,28,32)/b27-14+. The maximum Gasteiger partial charge on any atom is 0.250 e. The molecule has 9 heteroatoms. The third-order valence-corrected chi connectivity index (χ3v) is 6.34. The van der Waals surface area contributed by atoms with Gasteiger partial charge in [0.2, 0.25) is 0 Å². The van der Waals surface area contributed by atoms with Gasteiger partial charge in [0.05, 0.1) is 12.0 Å². The van der Waals surface area contributed by atoms with E-state index in [1.54, 1.807) is 6.21 Å². The number of halogens is 2. The van der Waals surface area contributed by atoms with Crippen molar-refractivity contribution in [2.24, 2.45) is 5.10 Å². The summed E-state index contributed by atoms with van der Waals surface area (Å²) in [5, 5.41) is 14.0. The molecule has 4 aromatic rings. The predicted octanol–water partition coefficient (Wildman–Crippen LogP) is 5.90. The Morgan fingerprint density at radius 2 is 1.76 bits per heavy atom. The fourth-order valence-electron chi connectivity index (χ4n) is 2.97. The van der Waals surface area contributed by atoms with Gasteiger partial charge in [0, 0.05) is 20.7 Å². The minimum atomic E-state index is -0.240. The molecule has 1 amide bonds. The zero-order valence-electron chi connectivity index (χ0n) is 17.6. The lowest BCUT2D eigenvalue weighted by atomic mass is 10.1. The SMILES string of the molecule is Cc1ccc(-c2nnc(SCC(=O)N/N=C/c3ccc(Br)cc3)n2-c2ccc(Cl)cc2)cc1. The molecule has 0 radical (unpaired) electrons. The van der Waals surface area contributed by atoms with E-state index >= 15 is 0 Å². The highest BCUT2D eigenvalue weighted by atomic mass is 79.9. The predicted molar refractivity (Wildman–Crippen MR) is 137 cm³/mol. The van der Waals surface area contributed by atoms with Crippen LogP contribution in [0.1, 0.15) is 11.1 Å². The number of aromatic nitrogens is 3. The van der Waals surface area contributed by atoms with Gasteiger partial charge >= 0.3 is 0 Å². The summed E-state index contributed by atoms with van der Waals surface area (Å²) in [5.74, 6) is 0.585. The molecule has 0 saturated heterocycles. The molecular formula is C24H19BrClN5OS. The molecule has 0 spiro atoms. The fraction of sp³-hybridized carbons (Fsp3) is 0.0833. The van der Waals surface area contributed by atoms with E-state index in [1.165, 1.54) is 11.8 Å². The molecule has 4 rings (SSSR count). The quantitative estimate of drug-likeness (QED) is 0.180. The van der Waals surface area contributed by atoms with Gasteiger partial charge in [-0.15, -0.1) is 10.2 Å². The van der Waals surface area contributed by atoms with Crippen LogP contribution >= 0.6 is 39.3 Å². The molecule has 0 fully saturated rings. The second kappa shape index (κ2) is 10.8. The average molecular weight is 541 g/mol. The third-order valence-electron chi connectivity index (χ3n) is 4.63. The van der Waals surface area contributed by atoms with E-state index in [9.17, 15) is 4.79 Å². The molecule has 3 aromatic carbocycles. The highest BCUT2D eigenvalue weighted by molar-refractivity contribution is 9.10. The molecular weight excluding hydrogens is 522 g/mol. The molecule has 0 aliphatic heterocycles. The lowest BCUT2D eigenvalue weighted by Gasteiger charge is -2.10. The van der Waals surface area contributed by atoms with Crippen LogP contribution in [-0.4, -0.2) is 32.6 Å². The van der Waals surface area contributed by atoms with Crippen LogP contribution in [0, 0.1) is 6.92 Å². The Balaban J connectivity index is 1.51. The Bertz CT molecular complexity index is 1270. The number of hydrogen-bond acceptors (Lipinski definition) is 5. The molecule has 166 valence electrons. The number of benzene rings is 3. The Morgan fingerprint density at radius 1 is 1.06 bits per heavy atom. The van der Waals surface area contributed by atoms with Gasteiger partial charge in [-0.25, -0.2) is 5.43 Å². The maximum absolute atomic E-state index is 12.3. The van der Waals surface area contributed by atoms with Crippen molar-refractivity contribution in [3.05, 3.63) is 93.4 Å². The highest BCUT2D eigenvalue weighted by Crippen LogP contribution is 2.28. The molecule has 0 bridgehead atoms. The number of rotatable bonds is 7. The van der Waals surface area contributed by atoms with Gasteiger partial charge in [0.25, 0.3) is 5.91 Å². The van der Waals surface area contributed by atoms with E-state index in [0.29, 0.717) is 16.0 Å². The van der Waals surface area contributed by atoms with Crippen molar-refractivity contribution in [3.8, 4) is 17.1 Å². The lowest BCUT2D eigenvalue weighted by molar-refractivity contribution is -0.118. The largest absolute Gasteiger partial charge is 0.272 e. The number of carbonyl (C=O) groups is 1. The first kappa shape index (κ1) is 23.2. The van der Waals surface area contributed by atoms with E-state index in [1.807, 2.05) is 84.3 Å². The van der Waals surface area contributed by atoms with Crippen molar-refractivity contribution in [3.63, 3.8) is 0 Å². The molecule has 33 heavy (non-hydrogen) atoms. The summed E-state index contributed by atoms with van der Waals surface area (Å²) in [4.78, 5) is 12.3.